The van der Waals surface area contributed by atoms with Crippen molar-refractivity contribution in [3.8, 4) is 0 Å². The van der Waals surface area contributed by atoms with E-state index in [0.717, 1.165) is 16.5 Å². The Kier molecular flexibility index (Phi) is 4.70. The minimum Gasteiger partial charge on any atom is -0.444 e. The lowest BCUT2D eigenvalue weighted by Gasteiger charge is -2.19. The highest BCUT2D eigenvalue weighted by Crippen LogP contribution is 2.22. The zero-order valence-corrected chi connectivity index (χ0v) is 14.6. The Morgan fingerprint density at radius 3 is 2.61 bits per heavy atom. The third-order valence-electron chi connectivity index (χ3n) is 3.23. The van der Waals surface area contributed by atoms with E-state index >= 15 is 0 Å². The average Bonchev–Trinajstić information content (AvgIpc) is 2.78. The van der Waals surface area contributed by atoms with Crippen LogP contribution in [0.5, 0.6) is 0 Å². The highest BCUT2D eigenvalue weighted by molar-refractivity contribution is 7.90. The van der Waals surface area contributed by atoms with Crippen molar-refractivity contribution in [2.24, 2.45) is 0 Å². The molecule has 0 bridgehead atoms. The molecule has 0 aliphatic carbocycles. The number of fused-ring (bicyclic) bond motifs is 1. The van der Waals surface area contributed by atoms with Gasteiger partial charge in [0.1, 0.15) is 5.60 Å². The number of carbonyl (C=O) groups excluding carboxylic acids is 1. The zero-order chi connectivity index (χ0) is 17.3. The van der Waals surface area contributed by atoms with E-state index in [9.17, 15) is 13.2 Å². The number of aromatic amines is 1. The summed E-state index contributed by atoms with van der Waals surface area (Å²) >= 11 is 0. The van der Waals surface area contributed by atoms with Gasteiger partial charge in [-0.25, -0.2) is 13.2 Å². The van der Waals surface area contributed by atoms with Crippen LogP contribution in [0.25, 0.3) is 10.9 Å². The minimum atomic E-state index is -3.25. The number of hydrogen-bond acceptors (Lipinski definition) is 4. The summed E-state index contributed by atoms with van der Waals surface area (Å²) in [5.74, 6) is 0. The molecule has 7 heteroatoms. The van der Waals surface area contributed by atoms with Crippen molar-refractivity contribution < 1.29 is 17.9 Å². The molecule has 23 heavy (non-hydrogen) atoms. The van der Waals surface area contributed by atoms with Crippen molar-refractivity contribution in [3.63, 3.8) is 0 Å². The first-order chi connectivity index (χ1) is 10.6. The molecule has 0 saturated carbocycles. The van der Waals surface area contributed by atoms with E-state index in [1.165, 1.54) is 6.26 Å². The molecule has 126 valence electrons. The van der Waals surface area contributed by atoms with E-state index in [1.54, 1.807) is 39.0 Å². The van der Waals surface area contributed by atoms with Crippen molar-refractivity contribution in [3.05, 3.63) is 30.0 Å². The third kappa shape index (κ3) is 4.72. The van der Waals surface area contributed by atoms with Gasteiger partial charge in [0, 0.05) is 29.9 Å². The topological polar surface area (TPSA) is 88.3 Å². The molecule has 0 aliphatic rings. The molecule has 1 amide bonds. The number of amides is 1. The predicted octanol–water partition coefficient (Wildman–Crippen LogP) is 2.64. The average molecular weight is 338 g/mol. The number of aromatic nitrogens is 1. The van der Waals surface area contributed by atoms with Gasteiger partial charge in [0.25, 0.3) is 0 Å². The molecule has 1 heterocycles. The van der Waals surface area contributed by atoms with Gasteiger partial charge in [-0.15, -0.1) is 0 Å². The van der Waals surface area contributed by atoms with Crippen LogP contribution in [0.4, 0.5) is 4.79 Å². The fraction of sp³-hybridized carbons (Fsp3) is 0.438. The van der Waals surface area contributed by atoms with Crippen molar-refractivity contribution in [2.75, 3.05) is 12.8 Å². The smallest absolute Gasteiger partial charge is 0.407 e. The minimum absolute atomic E-state index is 0.283. The van der Waals surface area contributed by atoms with Crippen molar-refractivity contribution >= 4 is 26.8 Å². The Balaban J connectivity index is 2.08. The van der Waals surface area contributed by atoms with Gasteiger partial charge in [-0.1, -0.05) is 0 Å². The van der Waals surface area contributed by atoms with Gasteiger partial charge in [0.2, 0.25) is 0 Å². The number of nitrogens with one attached hydrogen (secondary N) is 2. The van der Waals surface area contributed by atoms with Crippen LogP contribution in [0.2, 0.25) is 0 Å². The second-order valence-corrected chi connectivity index (χ2v) is 8.49. The molecule has 0 saturated heterocycles. The molecule has 6 nitrogen and oxygen atoms in total. The Labute approximate surface area is 136 Å². The fourth-order valence-corrected chi connectivity index (χ4v) is 2.86. The van der Waals surface area contributed by atoms with Crippen LogP contribution in [0.1, 0.15) is 26.3 Å². The largest absolute Gasteiger partial charge is 0.444 e. The molecule has 2 aromatic rings. The first-order valence-corrected chi connectivity index (χ1v) is 9.22. The van der Waals surface area contributed by atoms with Crippen LogP contribution >= 0.6 is 0 Å². The Hall–Kier alpha value is -2.02. The number of rotatable bonds is 4. The summed E-state index contributed by atoms with van der Waals surface area (Å²) in [6.45, 7) is 5.82. The summed E-state index contributed by atoms with van der Waals surface area (Å²) in [4.78, 5) is 15.0. The second-order valence-electron chi connectivity index (χ2n) is 6.47. The molecular formula is C16H22N2O4S. The first kappa shape index (κ1) is 17.3. The molecule has 1 aromatic heterocycles. The van der Waals surface area contributed by atoms with Gasteiger partial charge in [-0.3, -0.25) is 0 Å². The van der Waals surface area contributed by atoms with Crippen molar-refractivity contribution in [1.82, 2.24) is 10.3 Å². The van der Waals surface area contributed by atoms with Crippen LogP contribution in [0.3, 0.4) is 0 Å². The number of alkyl carbamates (subject to hydrolysis) is 1. The molecule has 2 N–H and O–H groups in total. The summed E-state index contributed by atoms with van der Waals surface area (Å²) in [7, 11) is -3.25. The van der Waals surface area contributed by atoms with E-state index in [-0.39, 0.29) is 4.90 Å². The molecule has 2 rings (SSSR count). The van der Waals surface area contributed by atoms with Gasteiger partial charge in [0.15, 0.2) is 9.84 Å². The summed E-state index contributed by atoms with van der Waals surface area (Å²) in [6, 6.07) is 4.98. The van der Waals surface area contributed by atoms with E-state index in [1.807, 2.05) is 6.20 Å². The van der Waals surface area contributed by atoms with Gasteiger partial charge in [0.05, 0.1) is 4.90 Å². The Morgan fingerprint density at radius 2 is 2.00 bits per heavy atom. The number of benzene rings is 1. The Bertz CT molecular complexity index is 816. The number of ether oxygens (including phenoxy) is 1. The molecular weight excluding hydrogens is 316 g/mol. The van der Waals surface area contributed by atoms with E-state index < -0.39 is 21.5 Å². The number of carbonyl (C=O) groups is 1. The fourth-order valence-electron chi connectivity index (χ4n) is 2.21. The molecule has 0 fully saturated rings. The molecule has 0 spiro atoms. The Morgan fingerprint density at radius 1 is 1.30 bits per heavy atom. The first-order valence-electron chi connectivity index (χ1n) is 7.33. The summed E-state index contributed by atoms with van der Waals surface area (Å²) < 4.78 is 28.5. The highest BCUT2D eigenvalue weighted by atomic mass is 32.2. The van der Waals surface area contributed by atoms with E-state index in [0.29, 0.717) is 13.0 Å². The lowest BCUT2D eigenvalue weighted by molar-refractivity contribution is 0.0528. The van der Waals surface area contributed by atoms with Crippen LogP contribution in [-0.2, 0) is 21.0 Å². The van der Waals surface area contributed by atoms with Crippen LogP contribution < -0.4 is 5.32 Å². The molecule has 0 aliphatic heterocycles. The standard InChI is InChI=1S/C16H22N2O4S/c1-16(2,3)22-15(19)17-8-7-11-10-18-14-6-5-12(9-13(11)14)23(4,20)21/h5-6,9-10,18H,7-8H2,1-4H3,(H,17,19). The molecule has 0 radical (unpaired) electrons. The van der Waals surface area contributed by atoms with Gasteiger partial charge < -0.3 is 15.0 Å². The maximum absolute atomic E-state index is 11.7. The summed E-state index contributed by atoms with van der Waals surface area (Å²) in [5, 5.41) is 3.54. The quantitative estimate of drug-likeness (QED) is 0.897. The van der Waals surface area contributed by atoms with Crippen LogP contribution in [0, 0.1) is 0 Å². The number of H-pyrrole nitrogens is 1. The highest BCUT2D eigenvalue weighted by Gasteiger charge is 2.16. The van der Waals surface area contributed by atoms with Crippen LogP contribution in [0.15, 0.2) is 29.3 Å². The third-order valence-corrected chi connectivity index (χ3v) is 4.34. The zero-order valence-electron chi connectivity index (χ0n) is 13.8. The molecule has 1 aromatic carbocycles. The van der Waals surface area contributed by atoms with Crippen molar-refractivity contribution in [1.29, 1.82) is 0 Å². The maximum Gasteiger partial charge on any atom is 0.407 e. The van der Waals surface area contributed by atoms with Gasteiger partial charge in [-0.2, -0.15) is 0 Å². The van der Waals surface area contributed by atoms with Crippen LogP contribution in [-0.4, -0.2) is 37.9 Å². The van der Waals surface area contributed by atoms with Crippen molar-refractivity contribution in [2.45, 2.75) is 37.7 Å². The second kappa shape index (κ2) is 6.23. The number of hydrogen-bond donors (Lipinski definition) is 2. The number of sulfone groups is 1. The summed E-state index contributed by atoms with van der Waals surface area (Å²) in [5.41, 5.74) is 1.28. The van der Waals surface area contributed by atoms with E-state index in [4.69, 9.17) is 4.74 Å². The van der Waals surface area contributed by atoms with E-state index in [2.05, 4.69) is 10.3 Å². The maximum atomic E-state index is 11.7. The molecule has 0 unspecified atom stereocenters. The normalized spacial score (nSPS) is 12.3. The SMILES string of the molecule is CC(C)(C)OC(=O)NCCc1c[nH]c2ccc(S(C)(=O)=O)cc12. The van der Waals surface area contributed by atoms with Gasteiger partial charge >= 0.3 is 6.09 Å². The monoisotopic (exact) mass is 338 g/mol. The predicted molar refractivity (Wildman–Crippen MR) is 89.3 cm³/mol. The lowest BCUT2D eigenvalue weighted by atomic mass is 10.1. The van der Waals surface area contributed by atoms with Gasteiger partial charge in [-0.05, 0) is 51.0 Å². The lowest BCUT2D eigenvalue weighted by Crippen LogP contribution is -2.33. The molecule has 0 atom stereocenters. The summed E-state index contributed by atoms with van der Waals surface area (Å²) in [6.07, 6.45) is 3.12.